The Hall–Kier alpha value is -6.00. The first-order chi connectivity index (χ1) is 23.1. The van der Waals surface area contributed by atoms with Gasteiger partial charge in [-0.2, -0.15) is 4.98 Å². The molecular weight excluding hydrogens is 574 g/mol. The summed E-state index contributed by atoms with van der Waals surface area (Å²) in [6.45, 7) is 4.69. The van der Waals surface area contributed by atoms with Gasteiger partial charge in [0, 0.05) is 38.4 Å². The average molecular weight is 604 g/mol. The van der Waals surface area contributed by atoms with Crippen molar-refractivity contribution in [3.05, 3.63) is 151 Å². The third kappa shape index (κ3) is 3.70. The second-order valence-corrected chi connectivity index (χ2v) is 13.0. The van der Waals surface area contributed by atoms with Crippen LogP contribution in [0.5, 0.6) is 0 Å². The Bertz CT molecular complexity index is 2710. The molecule has 4 nitrogen and oxygen atoms in total. The first-order valence-corrected chi connectivity index (χ1v) is 16.1. The average Bonchev–Trinajstić information content (AvgIpc) is 3.73. The summed E-state index contributed by atoms with van der Waals surface area (Å²) in [6, 6.07) is 49.4. The van der Waals surface area contributed by atoms with Crippen LogP contribution >= 0.6 is 0 Å². The van der Waals surface area contributed by atoms with Crippen LogP contribution in [0.1, 0.15) is 25.0 Å². The highest BCUT2D eigenvalue weighted by Crippen LogP contribution is 2.51. The van der Waals surface area contributed by atoms with E-state index in [-0.39, 0.29) is 5.41 Å². The van der Waals surface area contributed by atoms with Crippen molar-refractivity contribution in [1.82, 2.24) is 14.5 Å². The molecule has 1 aliphatic carbocycles. The molecule has 0 unspecified atom stereocenters. The quantitative estimate of drug-likeness (QED) is 0.202. The Morgan fingerprint density at radius 2 is 1.30 bits per heavy atom. The lowest BCUT2D eigenvalue weighted by atomic mass is 9.82. The van der Waals surface area contributed by atoms with Crippen molar-refractivity contribution in [3.8, 4) is 39.5 Å². The maximum absolute atomic E-state index is 6.33. The topological polar surface area (TPSA) is 43.9 Å². The van der Waals surface area contributed by atoms with Gasteiger partial charge in [-0.15, -0.1) is 0 Å². The molecule has 47 heavy (non-hydrogen) atoms. The molecule has 6 aromatic carbocycles. The lowest BCUT2D eigenvalue weighted by Crippen LogP contribution is -2.14. The molecule has 9 aromatic rings. The smallest absolute Gasteiger partial charge is 0.231 e. The van der Waals surface area contributed by atoms with Gasteiger partial charge < -0.3 is 8.98 Å². The van der Waals surface area contributed by atoms with E-state index in [0.717, 1.165) is 38.9 Å². The fraction of sp³-hybridized carbons (Fsp3) is 0.0698. The number of aromatic nitrogens is 3. The molecule has 0 N–H and O–H groups in total. The lowest BCUT2D eigenvalue weighted by molar-refractivity contribution is 0.653. The Morgan fingerprint density at radius 1 is 0.553 bits per heavy atom. The Labute approximate surface area is 271 Å². The molecule has 0 aliphatic heterocycles. The van der Waals surface area contributed by atoms with Gasteiger partial charge in [-0.25, -0.2) is 4.98 Å². The van der Waals surface area contributed by atoms with Gasteiger partial charge in [-0.05, 0) is 58.7 Å². The molecule has 1 aliphatic rings. The minimum atomic E-state index is -0.0913. The minimum Gasteiger partial charge on any atom is -0.438 e. The Morgan fingerprint density at radius 3 is 2.19 bits per heavy atom. The lowest BCUT2D eigenvalue weighted by Gasteiger charge is -2.21. The number of hydrogen-bond acceptors (Lipinski definition) is 3. The fourth-order valence-corrected chi connectivity index (χ4v) is 7.78. The van der Waals surface area contributed by atoms with E-state index in [2.05, 4.69) is 109 Å². The van der Waals surface area contributed by atoms with Crippen LogP contribution in [0.2, 0.25) is 0 Å². The first kappa shape index (κ1) is 26.2. The van der Waals surface area contributed by atoms with Crippen LogP contribution in [0.25, 0.3) is 83.3 Å². The van der Waals surface area contributed by atoms with E-state index in [9.17, 15) is 0 Å². The highest BCUT2D eigenvalue weighted by atomic mass is 16.3. The summed E-state index contributed by atoms with van der Waals surface area (Å²) in [5, 5.41) is 4.44. The second kappa shape index (κ2) is 9.51. The number of para-hydroxylation sites is 2. The first-order valence-electron chi connectivity index (χ1n) is 16.1. The Kier molecular flexibility index (Phi) is 5.31. The van der Waals surface area contributed by atoms with Gasteiger partial charge in [0.2, 0.25) is 5.71 Å². The zero-order valence-corrected chi connectivity index (χ0v) is 26.0. The van der Waals surface area contributed by atoms with Crippen molar-refractivity contribution in [3.63, 3.8) is 0 Å². The molecule has 0 amide bonds. The molecule has 0 atom stereocenters. The van der Waals surface area contributed by atoms with E-state index in [0.29, 0.717) is 11.5 Å². The zero-order valence-electron chi connectivity index (χ0n) is 26.0. The van der Waals surface area contributed by atoms with Gasteiger partial charge in [-0.1, -0.05) is 117 Å². The van der Waals surface area contributed by atoms with Crippen molar-refractivity contribution in [2.45, 2.75) is 19.3 Å². The summed E-state index contributed by atoms with van der Waals surface area (Å²) in [5.41, 5.74) is 13.0. The molecule has 10 rings (SSSR count). The zero-order chi connectivity index (χ0) is 31.3. The number of furan rings is 1. The van der Waals surface area contributed by atoms with E-state index in [1.165, 1.54) is 44.1 Å². The summed E-state index contributed by atoms with van der Waals surface area (Å²) in [5.74, 6) is 0.645. The minimum absolute atomic E-state index is 0.0913. The molecular formula is C43H29N3O. The van der Waals surface area contributed by atoms with Crippen molar-refractivity contribution >= 4 is 43.9 Å². The van der Waals surface area contributed by atoms with Gasteiger partial charge in [-0.3, -0.25) is 0 Å². The van der Waals surface area contributed by atoms with Crippen LogP contribution in [-0.4, -0.2) is 14.5 Å². The molecule has 0 saturated carbocycles. The van der Waals surface area contributed by atoms with Gasteiger partial charge in [0.05, 0.1) is 22.1 Å². The van der Waals surface area contributed by atoms with Gasteiger partial charge >= 0.3 is 0 Å². The predicted molar refractivity (Wildman–Crippen MR) is 192 cm³/mol. The molecule has 0 spiro atoms. The normalized spacial score (nSPS) is 13.5. The SMILES string of the molecule is CC1(C)c2ccccc2-c2cc3c4ccccc4n(-c4cccc(-c5nc(-c6ccccc6)nc6oc7ccccc7c56)c4)c3cc21. The number of fused-ring (bicyclic) bond motifs is 9. The summed E-state index contributed by atoms with van der Waals surface area (Å²) < 4.78 is 8.74. The van der Waals surface area contributed by atoms with Crippen LogP contribution in [-0.2, 0) is 5.41 Å². The summed E-state index contributed by atoms with van der Waals surface area (Å²) in [4.78, 5) is 10.1. The van der Waals surface area contributed by atoms with E-state index >= 15 is 0 Å². The fourth-order valence-electron chi connectivity index (χ4n) is 7.78. The van der Waals surface area contributed by atoms with Gasteiger partial charge in [0.1, 0.15) is 5.58 Å². The molecule has 222 valence electrons. The van der Waals surface area contributed by atoms with Crippen LogP contribution in [0.15, 0.2) is 144 Å². The summed E-state index contributed by atoms with van der Waals surface area (Å²) >= 11 is 0. The molecule has 0 saturated heterocycles. The maximum Gasteiger partial charge on any atom is 0.231 e. The third-order valence-electron chi connectivity index (χ3n) is 10.0. The number of hydrogen-bond donors (Lipinski definition) is 0. The van der Waals surface area contributed by atoms with Crippen molar-refractivity contribution in [2.24, 2.45) is 0 Å². The highest BCUT2D eigenvalue weighted by Gasteiger charge is 2.36. The largest absolute Gasteiger partial charge is 0.438 e. The van der Waals surface area contributed by atoms with E-state index in [1.807, 2.05) is 48.5 Å². The van der Waals surface area contributed by atoms with E-state index in [4.69, 9.17) is 14.4 Å². The molecule has 3 aromatic heterocycles. The molecule has 0 bridgehead atoms. The third-order valence-corrected chi connectivity index (χ3v) is 10.0. The molecule has 0 fully saturated rings. The van der Waals surface area contributed by atoms with Crippen molar-refractivity contribution < 1.29 is 4.42 Å². The Balaban J connectivity index is 1.24. The van der Waals surface area contributed by atoms with Crippen LogP contribution in [0, 0.1) is 0 Å². The number of benzene rings is 6. The van der Waals surface area contributed by atoms with Crippen LogP contribution < -0.4 is 0 Å². The molecule has 4 heteroatoms. The van der Waals surface area contributed by atoms with Gasteiger partial charge in [0.25, 0.3) is 0 Å². The predicted octanol–water partition coefficient (Wildman–Crippen LogP) is 11.1. The van der Waals surface area contributed by atoms with Crippen LogP contribution in [0.3, 0.4) is 0 Å². The summed E-state index contributed by atoms with van der Waals surface area (Å²) in [6.07, 6.45) is 0. The van der Waals surface area contributed by atoms with Crippen molar-refractivity contribution in [2.75, 3.05) is 0 Å². The number of rotatable bonds is 3. The maximum atomic E-state index is 6.33. The molecule has 0 radical (unpaired) electrons. The van der Waals surface area contributed by atoms with Crippen molar-refractivity contribution in [1.29, 1.82) is 0 Å². The van der Waals surface area contributed by atoms with Crippen LogP contribution in [0.4, 0.5) is 0 Å². The number of nitrogens with zero attached hydrogens (tertiary/aromatic N) is 3. The van der Waals surface area contributed by atoms with Gasteiger partial charge in [0.15, 0.2) is 5.82 Å². The van der Waals surface area contributed by atoms with E-state index < -0.39 is 0 Å². The highest BCUT2D eigenvalue weighted by molar-refractivity contribution is 6.13. The molecule has 3 heterocycles. The standard InChI is InChI=1S/C43H29N3O/c1-43(2)34-20-9-6-17-29(34)32-24-33-30-18-7-10-21-36(30)46(37(33)25-35(32)43)28-16-12-15-27(23-28)40-39-31-19-8-11-22-38(31)47-42(39)45-41(44-40)26-13-4-3-5-14-26/h3-25H,1-2H3. The monoisotopic (exact) mass is 603 g/mol. The second-order valence-electron chi connectivity index (χ2n) is 13.0. The van der Waals surface area contributed by atoms with E-state index in [1.54, 1.807) is 0 Å². The summed E-state index contributed by atoms with van der Waals surface area (Å²) in [7, 11) is 0.